The summed E-state index contributed by atoms with van der Waals surface area (Å²) in [5.41, 5.74) is 3.22. The number of carbonyl (C=O) groups excluding carboxylic acids is 1. The number of hydrogen-bond acceptors (Lipinski definition) is 7. The van der Waals surface area contributed by atoms with Crippen molar-refractivity contribution in [1.82, 2.24) is 30.5 Å². The van der Waals surface area contributed by atoms with Crippen LogP contribution < -0.4 is 15.5 Å². The summed E-state index contributed by atoms with van der Waals surface area (Å²) in [6.45, 7) is 3.21. The number of methoxy groups -OCH3 is 1. The summed E-state index contributed by atoms with van der Waals surface area (Å²) in [5, 5.41) is 13.9. The lowest BCUT2D eigenvalue weighted by Gasteiger charge is -2.16. The zero-order valence-corrected chi connectivity index (χ0v) is 18.7. The highest BCUT2D eigenvalue weighted by atomic mass is 16.5. The van der Waals surface area contributed by atoms with Crippen LogP contribution in [-0.4, -0.2) is 58.5 Å². The predicted molar refractivity (Wildman–Crippen MR) is 127 cm³/mol. The second-order valence-electron chi connectivity index (χ2n) is 7.60. The summed E-state index contributed by atoms with van der Waals surface area (Å²) in [6, 6.07) is 11.0. The number of ether oxygens (including phenoxy) is 1. The molecule has 33 heavy (non-hydrogen) atoms. The highest BCUT2D eigenvalue weighted by Crippen LogP contribution is 2.26. The molecule has 0 aliphatic rings. The summed E-state index contributed by atoms with van der Waals surface area (Å²) >= 11 is 0. The van der Waals surface area contributed by atoms with E-state index in [1.54, 1.807) is 31.8 Å². The second-order valence-corrected chi connectivity index (χ2v) is 7.60. The van der Waals surface area contributed by atoms with E-state index in [2.05, 4.69) is 35.8 Å². The molecule has 1 aromatic carbocycles. The first-order valence-corrected chi connectivity index (χ1v) is 10.5. The number of nitrogens with zero attached hydrogens (tertiary/aromatic N) is 5. The van der Waals surface area contributed by atoms with Crippen molar-refractivity contribution in [2.24, 2.45) is 0 Å². The number of nitrogens with one attached hydrogen (secondary N) is 3. The van der Waals surface area contributed by atoms with E-state index in [1.165, 1.54) is 0 Å². The van der Waals surface area contributed by atoms with Crippen molar-refractivity contribution in [3.63, 3.8) is 0 Å². The van der Waals surface area contributed by atoms with Crippen molar-refractivity contribution in [2.45, 2.75) is 13.0 Å². The third kappa shape index (κ3) is 5.24. The van der Waals surface area contributed by atoms with Gasteiger partial charge in [-0.1, -0.05) is 30.3 Å². The molecule has 0 saturated carbocycles. The summed E-state index contributed by atoms with van der Waals surface area (Å²) in [7, 11) is 3.57. The van der Waals surface area contributed by atoms with Crippen molar-refractivity contribution in [3.05, 3.63) is 60.6 Å². The van der Waals surface area contributed by atoms with Crippen LogP contribution in [-0.2, 0) is 4.74 Å². The molecule has 170 valence electrons. The summed E-state index contributed by atoms with van der Waals surface area (Å²) in [5.74, 6) is 1.03. The molecule has 10 nitrogen and oxygen atoms in total. The molecule has 0 aliphatic carbocycles. The van der Waals surface area contributed by atoms with Crippen LogP contribution >= 0.6 is 0 Å². The average molecular weight is 447 g/mol. The maximum absolute atomic E-state index is 12.4. The zero-order chi connectivity index (χ0) is 23.2. The van der Waals surface area contributed by atoms with Crippen LogP contribution in [0.1, 0.15) is 18.5 Å². The first-order valence-electron chi connectivity index (χ1n) is 10.5. The Kier molecular flexibility index (Phi) is 6.75. The molecule has 2 amide bonds. The van der Waals surface area contributed by atoms with Gasteiger partial charge < -0.3 is 15.0 Å². The quantitative estimate of drug-likeness (QED) is 0.379. The average Bonchev–Trinajstić information content (AvgIpc) is 3.26. The molecule has 0 saturated heterocycles. The lowest BCUT2D eigenvalue weighted by atomic mass is 10.1. The van der Waals surface area contributed by atoms with Gasteiger partial charge in [-0.3, -0.25) is 10.4 Å². The third-order valence-corrected chi connectivity index (χ3v) is 5.22. The van der Waals surface area contributed by atoms with Gasteiger partial charge in [-0.05, 0) is 12.5 Å². The first kappa shape index (κ1) is 22.2. The van der Waals surface area contributed by atoms with Gasteiger partial charge in [-0.2, -0.15) is 5.10 Å². The number of aromatic amines is 1. The Balaban J connectivity index is 1.44. The molecule has 3 aromatic heterocycles. The van der Waals surface area contributed by atoms with Crippen LogP contribution in [0, 0.1) is 0 Å². The Morgan fingerprint density at radius 3 is 2.64 bits per heavy atom. The number of H-pyrrole nitrogens is 1. The van der Waals surface area contributed by atoms with E-state index in [0.29, 0.717) is 30.6 Å². The number of anilines is 2. The molecule has 3 N–H and O–H groups in total. The number of hydrogen-bond donors (Lipinski definition) is 3. The van der Waals surface area contributed by atoms with Crippen LogP contribution in [0.15, 0.2) is 55.0 Å². The highest BCUT2D eigenvalue weighted by molar-refractivity contribution is 5.95. The molecule has 4 aromatic rings. The topological polar surface area (TPSA) is 121 Å². The van der Waals surface area contributed by atoms with Gasteiger partial charge in [0.1, 0.15) is 11.5 Å². The lowest BCUT2D eigenvalue weighted by molar-refractivity contribution is 0.206. The molecular formula is C23H26N8O2. The number of amides is 2. The van der Waals surface area contributed by atoms with Crippen molar-refractivity contribution in [1.29, 1.82) is 0 Å². The van der Waals surface area contributed by atoms with Crippen LogP contribution in [0.2, 0.25) is 0 Å². The summed E-state index contributed by atoms with van der Waals surface area (Å²) < 4.78 is 5.09. The van der Waals surface area contributed by atoms with E-state index in [4.69, 9.17) is 4.74 Å². The number of rotatable bonds is 8. The summed E-state index contributed by atoms with van der Waals surface area (Å²) in [4.78, 5) is 27.5. The van der Waals surface area contributed by atoms with Crippen molar-refractivity contribution in [2.75, 3.05) is 37.5 Å². The zero-order valence-electron chi connectivity index (χ0n) is 18.7. The molecule has 0 aliphatic heterocycles. The fourth-order valence-electron chi connectivity index (χ4n) is 3.34. The molecule has 0 spiro atoms. The number of carbonyl (C=O) groups is 1. The Morgan fingerprint density at radius 2 is 1.91 bits per heavy atom. The molecular weight excluding hydrogens is 420 g/mol. The minimum atomic E-state index is -0.334. The standard InChI is InChI=1S/C23H26N8O2/c1-15(16-7-5-4-6-8-16)27-23(32)28-20-11-19-18(14-24-20)21(30-29-19)17-12-25-22(26-13-17)31(2)9-10-33-3/h4-8,11-15H,9-10H2,1-3H3,(H,29,30)(H2,24,27,28,32)/t15-/m1/s1. The van der Waals surface area contributed by atoms with Crippen LogP contribution in [0.4, 0.5) is 16.6 Å². The Labute approximate surface area is 191 Å². The second kappa shape index (κ2) is 10.0. The van der Waals surface area contributed by atoms with E-state index < -0.39 is 0 Å². The molecule has 0 unspecified atom stereocenters. The van der Waals surface area contributed by atoms with E-state index >= 15 is 0 Å². The molecule has 10 heteroatoms. The van der Waals surface area contributed by atoms with Gasteiger partial charge in [-0.15, -0.1) is 0 Å². The Hall–Kier alpha value is -4.05. The highest BCUT2D eigenvalue weighted by Gasteiger charge is 2.14. The molecule has 0 radical (unpaired) electrons. The van der Waals surface area contributed by atoms with Gasteiger partial charge in [0.15, 0.2) is 0 Å². The largest absolute Gasteiger partial charge is 0.383 e. The maximum Gasteiger partial charge on any atom is 0.320 e. The number of aromatic nitrogens is 5. The Bertz CT molecular complexity index is 1210. The summed E-state index contributed by atoms with van der Waals surface area (Å²) in [6.07, 6.45) is 5.13. The van der Waals surface area contributed by atoms with Crippen molar-refractivity contribution in [3.8, 4) is 11.3 Å². The molecule has 3 heterocycles. The SMILES string of the molecule is COCCN(C)c1ncc(-c2n[nH]c3cc(NC(=O)N[C@H](C)c4ccccc4)ncc23)cn1. The first-order chi connectivity index (χ1) is 16.0. The number of benzene rings is 1. The number of urea groups is 1. The number of pyridine rings is 1. The molecule has 0 fully saturated rings. The van der Waals surface area contributed by atoms with Gasteiger partial charge in [0.25, 0.3) is 0 Å². The lowest BCUT2D eigenvalue weighted by Crippen LogP contribution is -2.31. The Morgan fingerprint density at radius 1 is 1.15 bits per heavy atom. The molecule has 4 rings (SSSR count). The number of fused-ring (bicyclic) bond motifs is 1. The fraction of sp³-hybridized carbons (Fsp3) is 0.261. The van der Waals surface area contributed by atoms with Gasteiger partial charge in [-0.25, -0.2) is 19.7 Å². The normalized spacial score (nSPS) is 11.8. The van der Waals surface area contributed by atoms with E-state index in [-0.39, 0.29) is 12.1 Å². The predicted octanol–water partition coefficient (Wildman–Crippen LogP) is 3.38. The fourth-order valence-corrected chi connectivity index (χ4v) is 3.34. The van der Waals surface area contributed by atoms with Gasteiger partial charge in [0.2, 0.25) is 5.95 Å². The van der Waals surface area contributed by atoms with E-state index in [1.807, 2.05) is 49.2 Å². The van der Waals surface area contributed by atoms with E-state index in [0.717, 1.165) is 22.0 Å². The van der Waals surface area contributed by atoms with Crippen molar-refractivity contribution < 1.29 is 9.53 Å². The van der Waals surface area contributed by atoms with Crippen LogP contribution in [0.25, 0.3) is 22.2 Å². The van der Waals surface area contributed by atoms with Gasteiger partial charge in [0.05, 0.1) is 18.2 Å². The van der Waals surface area contributed by atoms with Crippen LogP contribution in [0.3, 0.4) is 0 Å². The van der Waals surface area contributed by atoms with Crippen molar-refractivity contribution >= 4 is 28.7 Å². The monoisotopic (exact) mass is 446 g/mol. The number of likely N-dealkylation sites (N-methyl/N-ethyl adjacent to an activating group) is 1. The van der Waals surface area contributed by atoms with Crippen LogP contribution in [0.5, 0.6) is 0 Å². The minimum Gasteiger partial charge on any atom is -0.383 e. The molecule has 0 bridgehead atoms. The maximum atomic E-state index is 12.4. The van der Waals surface area contributed by atoms with Gasteiger partial charge in [0, 0.05) is 56.3 Å². The smallest absolute Gasteiger partial charge is 0.320 e. The molecule has 1 atom stereocenters. The van der Waals surface area contributed by atoms with Gasteiger partial charge >= 0.3 is 6.03 Å². The minimum absolute atomic E-state index is 0.134. The third-order valence-electron chi connectivity index (χ3n) is 5.22. The van der Waals surface area contributed by atoms with E-state index in [9.17, 15) is 4.79 Å².